The second-order valence-corrected chi connectivity index (χ2v) is 7.63. The molecule has 0 radical (unpaired) electrons. The molecular formula is C19H31N5O10. The van der Waals surface area contributed by atoms with Gasteiger partial charge in [0.25, 0.3) is 0 Å². The molecule has 15 nitrogen and oxygen atoms in total. The van der Waals surface area contributed by atoms with Gasteiger partial charge in [0.2, 0.25) is 23.6 Å². The number of carboxylic acids is 3. The molecule has 5 unspecified atom stereocenters. The van der Waals surface area contributed by atoms with Gasteiger partial charge in [0.05, 0.1) is 18.9 Å². The molecule has 0 saturated heterocycles. The molecule has 10 N–H and O–H groups in total. The summed E-state index contributed by atoms with van der Waals surface area (Å²) >= 11 is 0. The first kappa shape index (κ1) is 30.2. The lowest BCUT2D eigenvalue weighted by Gasteiger charge is -2.25. The molecule has 0 spiro atoms. The average molecular weight is 489 g/mol. The van der Waals surface area contributed by atoms with Crippen LogP contribution in [-0.4, -0.2) is 81.0 Å². The second-order valence-electron chi connectivity index (χ2n) is 7.63. The summed E-state index contributed by atoms with van der Waals surface area (Å²) < 4.78 is 0. The van der Waals surface area contributed by atoms with Crippen molar-refractivity contribution in [3.63, 3.8) is 0 Å². The molecule has 0 aromatic rings. The number of carboxylic acid groups (broad SMARTS) is 3. The van der Waals surface area contributed by atoms with Crippen LogP contribution >= 0.6 is 0 Å². The summed E-state index contributed by atoms with van der Waals surface area (Å²) in [5.74, 6) is -8.89. The number of carbonyl (C=O) groups excluding carboxylic acids is 4. The highest BCUT2D eigenvalue weighted by molar-refractivity contribution is 5.96. The molecule has 5 atom stereocenters. The van der Waals surface area contributed by atoms with Crippen molar-refractivity contribution in [1.82, 2.24) is 16.0 Å². The summed E-state index contributed by atoms with van der Waals surface area (Å²) in [6, 6.07) is -6.14. The number of nitrogens with one attached hydrogen (secondary N) is 3. The molecule has 0 heterocycles. The fourth-order valence-electron chi connectivity index (χ4n) is 2.64. The van der Waals surface area contributed by atoms with Crippen LogP contribution in [-0.2, 0) is 33.6 Å². The zero-order valence-electron chi connectivity index (χ0n) is 18.8. The summed E-state index contributed by atoms with van der Waals surface area (Å²) in [6.07, 6.45) is -2.07. The average Bonchev–Trinajstić information content (AvgIpc) is 2.73. The van der Waals surface area contributed by atoms with Gasteiger partial charge in [-0.15, -0.1) is 0 Å². The van der Waals surface area contributed by atoms with E-state index in [2.05, 4.69) is 10.6 Å². The van der Waals surface area contributed by atoms with Gasteiger partial charge >= 0.3 is 17.9 Å². The molecule has 192 valence electrons. The van der Waals surface area contributed by atoms with Crippen LogP contribution in [0, 0.1) is 5.92 Å². The minimum atomic E-state index is -1.89. The van der Waals surface area contributed by atoms with Crippen molar-refractivity contribution in [1.29, 1.82) is 0 Å². The SMILES string of the molecule is CCC(C)C(N)C(=O)NC(CCC(N)=O)C(=O)NC(CC(=O)O)C(=O)NC(CC(=O)O)C(=O)O. The Hall–Kier alpha value is -3.75. The maximum Gasteiger partial charge on any atom is 0.326 e. The summed E-state index contributed by atoms with van der Waals surface area (Å²) in [7, 11) is 0. The van der Waals surface area contributed by atoms with Crippen molar-refractivity contribution >= 4 is 41.5 Å². The molecule has 0 fully saturated rings. The van der Waals surface area contributed by atoms with Gasteiger partial charge in [-0.3, -0.25) is 28.8 Å². The minimum Gasteiger partial charge on any atom is -0.481 e. The Labute approximate surface area is 194 Å². The molecule has 0 aliphatic rings. The fourth-order valence-corrected chi connectivity index (χ4v) is 2.64. The van der Waals surface area contributed by atoms with E-state index in [0.717, 1.165) is 0 Å². The third-order valence-electron chi connectivity index (χ3n) is 4.88. The highest BCUT2D eigenvalue weighted by Gasteiger charge is 2.32. The lowest BCUT2D eigenvalue weighted by molar-refractivity contribution is -0.148. The van der Waals surface area contributed by atoms with Gasteiger partial charge in [-0.25, -0.2) is 4.79 Å². The fraction of sp³-hybridized carbons (Fsp3) is 0.632. The third-order valence-corrected chi connectivity index (χ3v) is 4.88. The Morgan fingerprint density at radius 2 is 1.21 bits per heavy atom. The largest absolute Gasteiger partial charge is 0.481 e. The first-order valence-electron chi connectivity index (χ1n) is 10.3. The van der Waals surface area contributed by atoms with Crippen molar-refractivity contribution in [2.24, 2.45) is 17.4 Å². The third kappa shape index (κ3) is 11.2. The number of nitrogens with two attached hydrogens (primary N) is 2. The van der Waals surface area contributed by atoms with Gasteiger partial charge in [0, 0.05) is 6.42 Å². The van der Waals surface area contributed by atoms with Gasteiger partial charge in [-0.2, -0.15) is 0 Å². The van der Waals surface area contributed by atoms with Crippen molar-refractivity contribution in [2.45, 2.75) is 70.1 Å². The number of amides is 4. The minimum absolute atomic E-state index is 0.257. The van der Waals surface area contributed by atoms with Gasteiger partial charge in [0.1, 0.15) is 18.1 Å². The molecule has 0 saturated carbocycles. The highest BCUT2D eigenvalue weighted by Crippen LogP contribution is 2.07. The van der Waals surface area contributed by atoms with E-state index >= 15 is 0 Å². The topological polar surface area (TPSA) is 268 Å². The van der Waals surface area contributed by atoms with E-state index in [-0.39, 0.29) is 18.8 Å². The number of primary amides is 1. The van der Waals surface area contributed by atoms with E-state index in [9.17, 15) is 33.6 Å². The Balaban J connectivity index is 5.64. The van der Waals surface area contributed by atoms with Crippen molar-refractivity contribution in [3.8, 4) is 0 Å². The van der Waals surface area contributed by atoms with Crippen molar-refractivity contribution in [3.05, 3.63) is 0 Å². The van der Waals surface area contributed by atoms with E-state index < -0.39 is 78.5 Å². The predicted molar refractivity (Wildman–Crippen MR) is 114 cm³/mol. The van der Waals surface area contributed by atoms with Crippen LogP contribution in [0.4, 0.5) is 0 Å². The monoisotopic (exact) mass is 489 g/mol. The smallest absolute Gasteiger partial charge is 0.326 e. The van der Waals surface area contributed by atoms with E-state index in [0.29, 0.717) is 6.42 Å². The number of aliphatic carboxylic acids is 3. The number of hydrogen-bond donors (Lipinski definition) is 8. The standard InChI is InChI=1S/C19H31N5O10/c1-3-8(2)15(21)18(32)22-9(4-5-12(20)25)16(30)23-10(6-13(26)27)17(31)24-11(19(33)34)7-14(28)29/h8-11,15H,3-7,21H2,1-2H3,(H2,20,25)(H,22,32)(H,23,30)(H,24,31)(H,26,27)(H,28,29)(H,33,34). The maximum absolute atomic E-state index is 12.7. The summed E-state index contributed by atoms with van der Waals surface area (Å²) in [5, 5.41) is 33.2. The quantitative estimate of drug-likeness (QED) is 0.109. The van der Waals surface area contributed by atoms with Gasteiger partial charge in [-0.05, 0) is 12.3 Å². The number of hydrogen-bond acceptors (Lipinski definition) is 8. The van der Waals surface area contributed by atoms with Crippen LogP contribution < -0.4 is 27.4 Å². The molecule has 15 heteroatoms. The van der Waals surface area contributed by atoms with Crippen LogP contribution in [0.15, 0.2) is 0 Å². The lowest BCUT2D eigenvalue weighted by atomic mass is 9.98. The zero-order valence-corrected chi connectivity index (χ0v) is 18.8. The Morgan fingerprint density at radius 1 is 0.765 bits per heavy atom. The maximum atomic E-state index is 12.7. The molecular weight excluding hydrogens is 458 g/mol. The normalized spacial score (nSPS) is 15.0. The molecule has 0 aromatic heterocycles. The molecule has 34 heavy (non-hydrogen) atoms. The summed E-state index contributed by atoms with van der Waals surface area (Å²) in [4.78, 5) is 81.9. The van der Waals surface area contributed by atoms with Crippen molar-refractivity contribution < 1.29 is 48.9 Å². The molecule has 0 rings (SSSR count). The van der Waals surface area contributed by atoms with E-state index in [4.69, 9.17) is 26.8 Å². The molecule has 4 amide bonds. The van der Waals surface area contributed by atoms with E-state index in [1.807, 2.05) is 5.32 Å². The summed E-state index contributed by atoms with van der Waals surface area (Å²) in [6.45, 7) is 3.49. The van der Waals surface area contributed by atoms with Crippen LogP contribution in [0.2, 0.25) is 0 Å². The van der Waals surface area contributed by atoms with Crippen LogP contribution in [0.5, 0.6) is 0 Å². The Bertz CT molecular complexity index is 802. The molecule has 0 aliphatic heterocycles. The second kappa shape index (κ2) is 14.4. The summed E-state index contributed by atoms with van der Waals surface area (Å²) in [5.41, 5.74) is 10.9. The first-order chi connectivity index (χ1) is 15.7. The lowest BCUT2D eigenvalue weighted by Crippen LogP contribution is -2.58. The van der Waals surface area contributed by atoms with Gasteiger partial charge < -0.3 is 42.7 Å². The van der Waals surface area contributed by atoms with Crippen molar-refractivity contribution in [2.75, 3.05) is 0 Å². The van der Waals surface area contributed by atoms with E-state index in [1.54, 1.807) is 13.8 Å². The molecule has 0 aromatic carbocycles. The van der Waals surface area contributed by atoms with Crippen LogP contribution in [0.25, 0.3) is 0 Å². The Morgan fingerprint density at radius 3 is 1.65 bits per heavy atom. The zero-order chi connectivity index (χ0) is 26.6. The first-order valence-corrected chi connectivity index (χ1v) is 10.3. The molecule has 0 bridgehead atoms. The number of rotatable bonds is 16. The highest BCUT2D eigenvalue weighted by atomic mass is 16.4. The van der Waals surface area contributed by atoms with Gasteiger partial charge in [-0.1, -0.05) is 20.3 Å². The molecule has 0 aliphatic carbocycles. The number of carbonyl (C=O) groups is 7. The van der Waals surface area contributed by atoms with Gasteiger partial charge in [0.15, 0.2) is 0 Å². The Kier molecular flexibility index (Phi) is 12.8. The predicted octanol–water partition coefficient (Wildman–Crippen LogP) is -2.89. The van der Waals surface area contributed by atoms with E-state index in [1.165, 1.54) is 0 Å². The van der Waals surface area contributed by atoms with Crippen LogP contribution in [0.1, 0.15) is 46.0 Å². The van der Waals surface area contributed by atoms with Crippen LogP contribution in [0.3, 0.4) is 0 Å².